The maximum Gasteiger partial charge on any atom is 0.256 e. The van der Waals surface area contributed by atoms with E-state index in [0.29, 0.717) is 58.2 Å². The summed E-state index contributed by atoms with van der Waals surface area (Å²) >= 11 is 0. The number of halogens is 3. The van der Waals surface area contributed by atoms with Crippen molar-refractivity contribution in [2.45, 2.75) is 12.8 Å². The van der Waals surface area contributed by atoms with Gasteiger partial charge in [-0.3, -0.25) is 9.59 Å². The highest BCUT2D eigenvalue weighted by molar-refractivity contribution is 5.94. The van der Waals surface area contributed by atoms with E-state index in [1.54, 1.807) is 12.1 Å². The van der Waals surface area contributed by atoms with E-state index in [1.165, 1.54) is 17.0 Å². The number of anilines is 1. The van der Waals surface area contributed by atoms with E-state index in [4.69, 9.17) is 0 Å². The molecule has 0 aromatic heterocycles. The average Bonchev–Trinajstić information content (AvgIpc) is 2.79. The number of hydrogen-bond donors (Lipinski definition) is 0. The van der Waals surface area contributed by atoms with Crippen molar-refractivity contribution >= 4 is 17.5 Å². The molecule has 164 valence electrons. The van der Waals surface area contributed by atoms with Gasteiger partial charge in [0.25, 0.3) is 5.91 Å². The second kappa shape index (κ2) is 8.99. The third-order valence-electron chi connectivity index (χ3n) is 6.08. The first-order valence-corrected chi connectivity index (χ1v) is 10.5. The van der Waals surface area contributed by atoms with Gasteiger partial charge in [-0.05, 0) is 49.2 Å². The van der Waals surface area contributed by atoms with Crippen LogP contribution in [0.5, 0.6) is 0 Å². The minimum atomic E-state index is -0.873. The van der Waals surface area contributed by atoms with E-state index < -0.39 is 17.5 Å². The number of likely N-dealkylation sites (tertiary alicyclic amines) is 1. The lowest BCUT2D eigenvalue weighted by Gasteiger charge is -2.39. The zero-order valence-corrected chi connectivity index (χ0v) is 17.1. The van der Waals surface area contributed by atoms with Gasteiger partial charge in [0.1, 0.15) is 17.5 Å². The molecule has 0 unspecified atom stereocenters. The van der Waals surface area contributed by atoms with Gasteiger partial charge in [0.2, 0.25) is 5.91 Å². The molecule has 4 rings (SSSR count). The van der Waals surface area contributed by atoms with Crippen molar-refractivity contribution in [3.63, 3.8) is 0 Å². The lowest BCUT2D eigenvalue weighted by molar-refractivity contribution is -0.137. The molecular formula is C23H24F3N3O2. The normalized spacial score (nSPS) is 17.7. The second-order valence-electron chi connectivity index (χ2n) is 7.98. The molecule has 31 heavy (non-hydrogen) atoms. The summed E-state index contributed by atoms with van der Waals surface area (Å²) in [7, 11) is 0. The molecule has 0 spiro atoms. The van der Waals surface area contributed by atoms with E-state index in [9.17, 15) is 22.8 Å². The highest BCUT2D eigenvalue weighted by atomic mass is 19.1. The van der Waals surface area contributed by atoms with Crippen LogP contribution in [0.15, 0.2) is 42.5 Å². The molecule has 2 aromatic rings. The van der Waals surface area contributed by atoms with Gasteiger partial charge in [0.15, 0.2) is 0 Å². The van der Waals surface area contributed by atoms with Crippen LogP contribution in [0.2, 0.25) is 0 Å². The topological polar surface area (TPSA) is 43.9 Å². The Morgan fingerprint density at radius 2 is 1.35 bits per heavy atom. The van der Waals surface area contributed by atoms with Crippen LogP contribution in [0.1, 0.15) is 23.2 Å². The molecule has 2 fully saturated rings. The van der Waals surface area contributed by atoms with Gasteiger partial charge >= 0.3 is 0 Å². The predicted octanol–water partition coefficient (Wildman–Crippen LogP) is 3.30. The van der Waals surface area contributed by atoms with Crippen LogP contribution in [-0.2, 0) is 4.79 Å². The van der Waals surface area contributed by atoms with Crippen molar-refractivity contribution < 1.29 is 22.8 Å². The predicted molar refractivity (Wildman–Crippen MR) is 110 cm³/mol. The molecule has 0 atom stereocenters. The third kappa shape index (κ3) is 4.68. The first kappa shape index (κ1) is 21.2. The summed E-state index contributed by atoms with van der Waals surface area (Å²) in [5.41, 5.74) is 0.788. The fraction of sp³-hybridized carbons (Fsp3) is 0.391. The van der Waals surface area contributed by atoms with E-state index in [0.717, 1.165) is 17.8 Å². The van der Waals surface area contributed by atoms with Crippen LogP contribution in [0.4, 0.5) is 18.9 Å². The summed E-state index contributed by atoms with van der Waals surface area (Å²) in [6.45, 7) is 3.27. The fourth-order valence-electron chi connectivity index (χ4n) is 4.26. The maximum absolute atomic E-state index is 13.9. The zero-order valence-electron chi connectivity index (χ0n) is 17.1. The van der Waals surface area contributed by atoms with Crippen LogP contribution < -0.4 is 4.90 Å². The van der Waals surface area contributed by atoms with Crippen LogP contribution in [-0.4, -0.2) is 60.9 Å². The number of rotatable bonds is 3. The van der Waals surface area contributed by atoms with Crippen LogP contribution in [0.3, 0.4) is 0 Å². The molecule has 0 N–H and O–H groups in total. The van der Waals surface area contributed by atoms with Gasteiger partial charge in [-0.25, -0.2) is 13.2 Å². The number of carbonyl (C=O) groups excluding carboxylic acids is 2. The Labute approximate surface area is 179 Å². The second-order valence-corrected chi connectivity index (χ2v) is 7.98. The molecule has 2 saturated heterocycles. The Bertz CT molecular complexity index is 951. The summed E-state index contributed by atoms with van der Waals surface area (Å²) in [4.78, 5) is 31.0. The molecule has 2 aliphatic rings. The Hall–Kier alpha value is -3.03. The molecule has 5 nitrogen and oxygen atoms in total. The van der Waals surface area contributed by atoms with Gasteiger partial charge in [0, 0.05) is 56.9 Å². The van der Waals surface area contributed by atoms with E-state index in [1.807, 2.05) is 4.90 Å². The number of nitrogens with zero attached hydrogens (tertiary/aromatic N) is 3. The Morgan fingerprint density at radius 3 is 1.97 bits per heavy atom. The molecule has 8 heteroatoms. The van der Waals surface area contributed by atoms with Crippen molar-refractivity contribution in [1.82, 2.24) is 9.80 Å². The first-order valence-electron chi connectivity index (χ1n) is 10.5. The molecule has 0 radical (unpaired) electrons. The first-order chi connectivity index (χ1) is 14.9. The molecule has 0 saturated carbocycles. The minimum absolute atomic E-state index is 0.0822. The lowest BCUT2D eigenvalue weighted by Crippen LogP contribution is -2.52. The van der Waals surface area contributed by atoms with Gasteiger partial charge in [-0.15, -0.1) is 0 Å². The Morgan fingerprint density at radius 1 is 0.742 bits per heavy atom. The highest BCUT2D eigenvalue weighted by Crippen LogP contribution is 2.24. The smallest absolute Gasteiger partial charge is 0.256 e. The highest BCUT2D eigenvalue weighted by Gasteiger charge is 2.32. The number of piperidine rings is 1. The molecule has 0 bridgehead atoms. The molecule has 0 aliphatic carbocycles. The standard InChI is InChI=1S/C23H24F3N3O2/c24-17-1-4-19(5-2-17)27-11-13-29(14-12-27)22(30)16-7-9-28(10-8-16)23(31)20-6-3-18(25)15-21(20)26/h1-6,15-16H,7-14H2. The number of carbonyl (C=O) groups is 2. The van der Waals surface area contributed by atoms with Gasteiger partial charge in [-0.2, -0.15) is 0 Å². The van der Waals surface area contributed by atoms with Crippen LogP contribution in [0, 0.1) is 23.4 Å². The number of amides is 2. The molecule has 2 heterocycles. The van der Waals surface area contributed by atoms with Crippen molar-refractivity contribution in [1.29, 1.82) is 0 Å². The molecule has 2 aliphatic heterocycles. The van der Waals surface area contributed by atoms with Crippen LogP contribution in [0.25, 0.3) is 0 Å². The van der Waals surface area contributed by atoms with Crippen molar-refractivity contribution in [2.24, 2.45) is 5.92 Å². The quantitative estimate of drug-likeness (QED) is 0.749. The zero-order chi connectivity index (χ0) is 22.0. The summed E-state index contributed by atoms with van der Waals surface area (Å²) in [5, 5.41) is 0. The van der Waals surface area contributed by atoms with Crippen LogP contribution >= 0.6 is 0 Å². The summed E-state index contributed by atoms with van der Waals surface area (Å²) in [6, 6.07) is 9.27. The molecule has 2 aromatic carbocycles. The lowest BCUT2D eigenvalue weighted by atomic mass is 9.94. The van der Waals surface area contributed by atoms with E-state index >= 15 is 0 Å². The number of hydrogen-bond acceptors (Lipinski definition) is 3. The number of piperazine rings is 1. The van der Waals surface area contributed by atoms with Crippen molar-refractivity contribution in [2.75, 3.05) is 44.2 Å². The van der Waals surface area contributed by atoms with E-state index in [2.05, 4.69) is 4.90 Å². The minimum Gasteiger partial charge on any atom is -0.368 e. The van der Waals surface area contributed by atoms with Gasteiger partial charge in [-0.1, -0.05) is 0 Å². The van der Waals surface area contributed by atoms with E-state index in [-0.39, 0.29) is 23.2 Å². The monoisotopic (exact) mass is 431 g/mol. The maximum atomic E-state index is 13.9. The summed E-state index contributed by atoms with van der Waals surface area (Å²) in [5.74, 6) is -2.43. The summed E-state index contributed by atoms with van der Waals surface area (Å²) < 4.78 is 40.1. The Kier molecular flexibility index (Phi) is 6.15. The fourth-order valence-corrected chi connectivity index (χ4v) is 4.26. The average molecular weight is 431 g/mol. The molecule has 2 amide bonds. The van der Waals surface area contributed by atoms with Crippen molar-refractivity contribution in [3.05, 3.63) is 65.5 Å². The number of benzene rings is 2. The largest absolute Gasteiger partial charge is 0.368 e. The third-order valence-corrected chi connectivity index (χ3v) is 6.08. The SMILES string of the molecule is O=C(c1ccc(F)cc1F)N1CCC(C(=O)N2CCN(c3ccc(F)cc3)CC2)CC1. The summed E-state index contributed by atoms with van der Waals surface area (Å²) in [6.07, 6.45) is 1.04. The van der Waals surface area contributed by atoms with Crippen molar-refractivity contribution in [3.8, 4) is 0 Å². The van der Waals surface area contributed by atoms with Gasteiger partial charge in [0.05, 0.1) is 5.56 Å². The molecular weight excluding hydrogens is 407 g/mol. The van der Waals surface area contributed by atoms with Gasteiger partial charge < -0.3 is 14.7 Å². The Balaban J connectivity index is 1.28.